The highest BCUT2D eigenvalue weighted by atomic mass is 35.5. The van der Waals surface area contributed by atoms with Crippen LogP contribution in [0, 0.1) is 12.8 Å². The van der Waals surface area contributed by atoms with E-state index in [0.29, 0.717) is 0 Å². The molecule has 0 aromatic heterocycles. The maximum absolute atomic E-state index is 5.78. The molecule has 1 aliphatic heterocycles. The molecule has 0 bridgehead atoms. The third-order valence-electron chi connectivity index (χ3n) is 3.65. The summed E-state index contributed by atoms with van der Waals surface area (Å²) in [5.41, 5.74) is 2.65. The van der Waals surface area contributed by atoms with E-state index in [1.807, 2.05) is 0 Å². The summed E-state index contributed by atoms with van der Waals surface area (Å²) in [5.74, 6) is 0.869. The highest BCUT2D eigenvalue weighted by Crippen LogP contribution is 2.16. The zero-order chi connectivity index (χ0) is 11.9. The van der Waals surface area contributed by atoms with Gasteiger partial charge in [0.05, 0.1) is 6.61 Å². The molecule has 18 heavy (non-hydrogen) atoms. The van der Waals surface area contributed by atoms with Gasteiger partial charge in [0.1, 0.15) is 0 Å². The number of benzene rings is 1. The summed E-state index contributed by atoms with van der Waals surface area (Å²) in [5, 5.41) is 3.40. The first-order valence-corrected chi connectivity index (χ1v) is 6.69. The lowest BCUT2D eigenvalue weighted by Crippen LogP contribution is -2.28. The maximum Gasteiger partial charge on any atom is 0.0719 e. The largest absolute Gasteiger partial charge is 0.377 e. The minimum Gasteiger partial charge on any atom is -0.377 e. The summed E-state index contributed by atoms with van der Waals surface area (Å²) < 4.78 is 5.78. The Morgan fingerprint density at radius 3 is 2.67 bits per heavy atom. The lowest BCUT2D eigenvalue weighted by Gasteiger charge is -2.22. The smallest absolute Gasteiger partial charge is 0.0719 e. The topological polar surface area (TPSA) is 21.3 Å². The second-order valence-corrected chi connectivity index (χ2v) is 4.96. The molecule has 102 valence electrons. The van der Waals surface area contributed by atoms with Gasteiger partial charge in [-0.05, 0) is 56.3 Å². The molecule has 0 saturated carbocycles. The molecule has 0 radical (unpaired) electrons. The molecule has 0 amide bonds. The summed E-state index contributed by atoms with van der Waals surface area (Å²) in [4.78, 5) is 0. The fraction of sp³-hybridized carbons (Fsp3) is 0.600. The first-order chi connectivity index (χ1) is 8.36. The van der Waals surface area contributed by atoms with Crippen molar-refractivity contribution in [1.82, 2.24) is 5.32 Å². The summed E-state index contributed by atoms with van der Waals surface area (Å²) in [6, 6.07) is 8.46. The van der Waals surface area contributed by atoms with E-state index in [1.165, 1.54) is 43.5 Å². The van der Waals surface area contributed by atoms with E-state index < -0.39 is 0 Å². The Morgan fingerprint density at radius 2 is 1.94 bits per heavy atom. The van der Waals surface area contributed by atoms with E-state index in [0.717, 1.165) is 19.1 Å². The van der Waals surface area contributed by atoms with Crippen LogP contribution in [0.1, 0.15) is 30.4 Å². The Balaban J connectivity index is 0.00000162. The average Bonchev–Trinajstić information content (AvgIpc) is 2.38. The van der Waals surface area contributed by atoms with Crippen molar-refractivity contribution in [3.8, 4) is 0 Å². The van der Waals surface area contributed by atoms with Gasteiger partial charge in [-0.25, -0.2) is 0 Å². The van der Waals surface area contributed by atoms with E-state index >= 15 is 0 Å². The Morgan fingerprint density at radius 1 is 1.22 bits per heavy atom. The molecule has 3 heteroatoms. The summed E-state index contributed by atoms with van der Waals surface area (Å²) in [6.07, 6.45) is 3.84. The lowest BCUT2D eigenvalue weighted by atomic mass is 9.95. The summed E-state index contributed by atoms with van der Waals surface area (Å²) in [6.45, 7) is 6.17. The van der Waals surface area contributed by atoms with Crippen molar-refractivity contribution in [2.45, 2.75) is 32.8 Å². The normalized spacial score (nSPS) is 16.3. The average molecular weight is 270 g/mol. The van der Waals surface area contributed by atoms with Gasteiger partial charge in [-0.2, -0.15) is 0 Å². The Kier molecular flexibility index (Phi) is 7.33. The molecule has 2 nitrogen and oxygen atoms in total. The van der Waals surface area contributed by atoms with Crippen LogP contribution in [0.4, 0.5) is 0 Å². The second-order valence-electron chi connectivity index (χ2n) is 4.96. The highest BCUT2D eigenvalue weighted by molar-refractivity contribution is 5.85. The van der Waals surface area contributed by atoms with Gasteiger partial charge in [-0.1, -0.05) is 24.3 Å². The zero-order valence-electron chi connectivity index (χ0n) is 11.2. The van der Waals surface area contributed by atoms with Crippen molar-refractivity contribution in [2.24, 2.45) is 5.92 Å². The fourth-order valence-electron chi connectivity index (χ4n) is 2.37. The quantitative estimate of drug-likeness (QED) is 0.828. The molecule has 1 aromatic rings. The van der Waals surface area contributed by atoms with E-state index in [-0.39, 0.29) is 12.4 Å². The van der Waals surface area contributed by atoms with Crippen LogP contribution in [-0.4, -0.2) is 19.7 Å². The first-order valence-electron chi connectivity index (χ1n) is 6.69. The predicted molar refractivity (Wildman–Crippen MR) is 78.3 cm³/mol. The number of ether oxygens (including phenoxy) is 1. The van der Waals surface area contributed by atoms with Crippen molar-refractivity contribution in [1.29, 1.82) is 0 Å². The van der Waals surface area contributed by atoms with E-state index in [9.17, 15) is 0 Å². The van der Waals surface area contributed by atoms with Gasteiger partial charge >= 0.3 is 0 Å². The first kappa shape index (κ1) is 15.5. The molecule has 1 N–H and O–H groups in total. The van der Waals surface area contributed by atoms with Gasteiger partial charge in [-0.3, -0.25) is 0 Å². The van der Waals surface area contributed by atoms with Crippen molar-refractivity contribution < 1.29 is 4.74 Å². The summed E-state index contributed by atoms with van der Waals surface area (Å²) in [7, 11) is 0. The fourth-order valence-corrected chi connectivity index (χ4v) is 2.37. The molecule has 1 aromatic carbocycles. The number of rotatable bonds is 5. The summed E-state index contributed by atoms with van der Waals surface area (Å²) >= 11 is 0. The van der Waals surface area contributed by atoms with Gasteiger partial charge < -0.3 is 10.1 Å². The molecule has 1 fully saturated rings. The van der Waals surface area contributed by atoms with E-state index in [4.69, 9.17) is 4.74 Å². The minimum absolute atomic E-state index is 0. The van der Waals surface area contributed by atoms with Crippen LogP contribution in [0.15, 0.2) is 24.3 Å². The minimum atomic E-state index is 0. The number of aryl methyl sites for hydroxylation is 1. The van der Waals surface area contributed by atoms with Crippen LogP contribution >= 0.6 is 12.4 Å². The van der Waals surface area contributed by atoms with Crippen molar-refractivity contribution in [3.63, 3.8) is 0 Å². The van der Waals surface area contributed by atoms with Gasteiger partial charge in [0, 0.05) is 6.61 Å². The van der Waals surface area contributed by atoms with Gasteiger partial charge in [0.15, 0.2) is 0 Å². The second kappa shape index (κ2) is 8.52. The number of hydrogen-bond acceptors (Lipinski definition) is 2. The molecule has 1 aliphatic rings. The molecule has 0 atom stereocenters. The van der Waals surface area contributed by atoms with E-state index in [2.05, 4.69) is 36.5 Å². The molecular weight excluding hydrogens is 246 g/mol. The number of hydrogen-bond donors (Lipinski definition) is 1. The monoisotopic (exact) mass is 269 g/mol. The van der Waals surface area contributed by atoms with Crippen LogP contribution in [0.5, 0.6) is 0 Å². The van der Waals surface area contributed by atoms with Gasteiger partial charge in [0.2, 0.25) is 0 Å². The SMILES string of the molecule is Cc1ccccc1COCCC1CCNCC1.Cl. The van der Waals surface area contributed by atoms with Crippen LogP contribution in [0.2, 0.25) is 0 Å². The third kappa shape index (κ3) is 4.97. The van der Waals surface area contributed by atoms with Crippen LogP contribution in [0.3, 0.4) is 0 Å². The number of piperidine rings is 1. The lowest BCUT2D eigenvalue weighted by molar-refractivity contribution is 0.102. The van der Waals surface area contributed by atoms with E-state index in [1.54, 1.807) is 0 Å². The molecule has 2 rings (SSSR count). The molecule has 1 saturated heterocycles. The van der Waals surface area contributed by atoms with Crippen LogP contribution < -0.4 is 5.32 Å². The standard InChI is InChI=1S/C15H23NO.ClH/c1-13-4-2-3-5-15(13)12-17-11-8-14-6-9-16-10-7-14;/h2-5,14,16H,6-12H2,1H3;1H. The highest BCUT2D eigenvalue weighted by Gasteiger charge is 2.12. The van der Waals surface area contributed by atoms with Crippen LogP contribution in [-0.2, 0) is 11.3 Å². The zero-order valence-corrected chi connectivity index (χ0v) is 12.0. The Labute approximate surface area is 117 Å². The maximum atomic E-state index is 5.78. The molecule has 0 spiro atoms. The Hall–Kier alpha value is -0.570. The Bertz CT molecular complexity index is 337. The van der Waals surface area contributed by atoms with Crippen molar-refractivity contribution >= 4 is 12.4 Å². The van der Waals surface area contributed by atoms with Crippen LogP contribution in [0.25, 0.3) is 0 Å². The molecule has 1 heterocycles. The third-order valence-corrected chi connectivity index (χ3v) is 3.65. The predicted octanol–water partition coefficient (Wildman–Crippen LogP) is 3.32. The number of nitrogens with one attached hydrogen (secondary N) is 1. The van der Waals surface area contributed by atoms with Gasteiger partial charge in [0.25, 0.3) is 0 Å². The molecule has 0 unspecified atom stereocenters. The van der Waals surface area contributed by atoms with Gasteiger partial charge in [-0.15, -0.1) is 12.4 Å². The van der Waals surface area contributed by atoms with Crippen molar-refractivity contribution in [3.05, 3.63) is 35.4 Å². The molecule has 0 aliphatic carbocycles. The van der Waals surface area contributed by atoms with Crippen molar-refractivity contribution in [2.75, 3.05) is 19.7 Å². The number of halogens is 1. The molecular formula is C15H24ClNO.